The van der Waals surface area contributed by atoms with Crippen LogP contribution in [0.25, 0.3) is 0 Å². The van der Waals surface area contributed by atoms with Crippen LogP contribution < -0.4 is 5.32 Å². The predicted octanol–water partition coefficient (Wildman–Crippen LogP) is 3.59. The van der Waals surface area contributed by atoms with Crippen molar-refractivity contribution >= 4 is 23.2 Å². The van der Waals surface area contributed by atoms with Gasteiger partial charge in [0.25, 0.3) is 0 Å². The summed E-state index contributed by atoms with van der Waals surface area (Å²) in [6.07, 6.45) is 3.54. The van der Waals surface area contributed by atoms with Crippen LogP contribution >= 0.6 is 23.2 Å². The summed E-state index contributed by atoms with van der Waals surface area (Å²) in [4.78, 5) is 0. The van der Waals surface area contributed by atoms with Crippen LogP contribution in [0.4, 0.5) is 0 Å². The number of alkyl halides is 1. The van der Waals surface area contributed by atoms with Crippen LogP contribution in [0, 0.1) is 0 Å². The van der Waals surface area contributed by atoms with Crippen molar-refractivity contribution in [2.75, 3.05) is 0 Å². The van der Waals surface area contributed by atoms with Crippen LogP contribution in [0.1, 0.15) is 24.8 Å². The fraction of sp³-hybridized carbons (Fsp3) is 0.500. The average Bonchev–Trinajstić information content (AvgIpc) is 2.63. The molecule has 1 nitrogen and oxygen atoms in total. The minimum atomic E-state index is 0.285. The van der Waals surface area contributed by atoms with Crippen molar-refractivity contribution in [2.45, 2.75) is 37.2 Å². The van der Waals surface area contributed by atoms with Gasteiger partial charge in [-0.2, -0.15) is 0 Å². The van der Waals surface area contributed by atoms with Crippen LogP contribution in [-0.2, 0) is 6.54 Å². The molecule has 0 heterocycles. The van der Waals surface area contributed by atoms with Crippen molar-refractivity contribution in [3.63, 3.8) is 0 Å². The molecule has 2 unspecified atom stereocenters. The molecule has 0 spiro atoms. The number of rotatable bonds is 3. The second kappa shape index (κ2) is 5.20. The molecule has 1 aromatic carbocycles. The Labute approximate surface area is 101 Å². The Morgan fingerprint density at radius 1 is 1.27 bits per heavy atom. The molecule has 0 saturated heterocycles. The molecule has 1 aliphatic rings. The molecule has 3 heteroatoms. The number of hydrogen-bond donors (Lipinski definition) is 1. The third-order valence-electron chi connectivity index (χ3n) is 2.94. The number of hydrogen-bond acceptors (Lipinski definition) is 1. The molecule has 82 valence electrons. The SMILES string of the molecule is Clc1ccccc1CNC1CCCC1Cl. The van der Waals surface area contributed by atoms with Crippen LogP contribution in [0.2, 0.25) is 5.02 Å². The molecule has 1 aliphatic carbocycles. The second-order valence-corrected chi connectivity index (χ2v) is 4.99. The smallest absolute Gasteiger partial charge is 0.0489 e. The maximum atomic E-state index is 6.19. The molecule has 0 bridgehead atoms. The zero-order valence-corrected chi connectivity index (χ0v) is 10.1. The molecule has 2 rings (SSSR count). The van der Waals surface area contributed by atoms with E-state index in [2.05, 4.69) is 5.32 Å². The summed E-state index contributed by atoms with van der Waals surface area (Å²) in [6.45, 7) is 0.813. The zero-order chi connectivity index (χ0) is 10.7. The van der Waals surface area contributed by atoms with Crippen LogP contribution in [-0.4, -0.2) is 11.4 Å². The lowest BCUT2D eigenvalue weighted by Crippen LogP contribution is -2.32. The maximum absolute atomic E-state index is 6.19. The van der Waals surface area contributed by atoms with E-state index in [0.29, 0.717) is 6.04 Å². The largest absolute Gasteiger partial charge is 0.308 e. The first kappa shape index (κ1) is 11.3. The maximum Gasteiger partial charge on any atom is 0.0489 e. The van der Waals surface area contributed by atoms with Crippen LogP contribution in [0.3, 0.4) is 0 Å². The van der Waals surface area contributed by atoms with Crippen LogP contribution in [0.5, 0.6) is 0 Å². The molecule has 0 radical (unpaired) electrons. The highest BCUT2D eigenvalue weighted by Gasteiger charge is 2.24. The molecule has 1 saturated carbocycles. The molecule has 1 aromatic rings. The Morgan fingerprint density at radius 2 is 2.07 bits per heavy atom. The first-order chi connectivity index (χ1) is 7.27. The summed E-state index contributed by atoms with van der Waals surface area (Å²) in [5.41, 5.74) is 1.15. The molecule has 1 fully saturated rings. The number of nitrogens with one attached hydrogen (secondary N) is 1. The summed E-state index contributed by atoms with van der Waals surface area (Å²) >= 11 is 12.3. The molecular weight excluding hydrogens is 229 g/mol. The van der Waals surface area contributed by atoms with Gasteiger partial charge in [-0.1, -0.05) is 36.2 Å². The van der Waals surface area contributed by atoms with Gasteiger partial charge in [0.15, 0.2) is 0 Å². The first-order valence-electron chi connectivity index (χ1n) is 5.38. The van der Waals surface area contributed by atoms with E-state index in [0.717, 1.165) is 23.6 Å². The van der Waals surface area contributed by atoms with Crippen molar-refractivity contribution in [1.82, 2.24) is 5.32 Å². The Hall–Kier alpha value is -0.240. The highest BCUT2D eigenvalue weighted by atomic mass is 35.5. The van der Waals surface area contributed by atoms with E-state index in [9.17, 15) is 0 Å². The number of halogens is 2. The summed E-state index contributed by atoms with van der Waals surface area (Å²) in [6, 6.07) is 8.38. The summed E-state index contributed by atoms with van der Waals surface area (Å²) in [5.74, 6) is 0. The van der Waals surface area contributed by atoms with Crippen molar-refractivity contribution in [2.24, 2.45) is 0 Å². The normalized spacial score (nSPS) is 25.7. The van der Waals surface area contributed by atoms with Gasteiger partial charge in [0, 0.05) is 23.0 Å². The Kier molecular flexibility index (Phi) is 3.90. The average molecular weight is 244 g/mol. The van der Waals surface area contributed by atoms with Crippen LogP contribution in [0.15, 0.2) is 24.3 Å². The molecule has 2 atom stereocenters. The van der Waals surface area contributed by atoms with Gasteiger partial charge >= 0.3 is 0 Å². The van der Waals surface area contributed by atoms with E-state index in [1.807, 2.05) is 24.3 Å². The Balaban J connectivity index is 1.90. The highest BCUT2D eigenvalue weighted by Crippen LogP contribution is 2.24. The quantitative estimate of drug-likeness (QED) is 0.801. The van der Waals surface area contributed by atoms with Gasteiger partial charge in [-0.3, -0.25) is 0 Å². The van der Waals surface area contributed by atoms with E-state index < -0.39 is 0 Å². The van der Waals surface area contributed by atoms with Crippen molar-refractivity contribution in [3.8, 4) is 0 Å². The molecule has 15 heavy (non-hydrogen) atoms. The predicted molar refractivity (Wildman–Crippen MR) is 65.6 cm³/mol. The zero-order valence-electron chi connectivity index (χ0n) is 8.55. The van der Waals surface area contributed by atoms with Gasteiger partial charge in [-0.25, -0.2) is 0 Å². The Bertz CT molecular complexity index is 327. The lowest BCUT2D eigenvalue weighted by Gasteiger charge is -2.16. The van der Waals surface area contributed by atoms with Gasteiger partial charge in [0.2, 0.25) is 0 Å². The summed E-state index contributed by atoms with van der Waals surface area (Å²) < 4.78 is 0. The van der Waals surface area contributed by atoms with E-state index in [1.165, 1.54) is 12.8 Å². The number of benzene rings is 1. The van der Waals surface area contributed by atoms with Gasteiger partial charge in [-0.15, -0.1) is 11.6 Å². The van der Waals surface area contributed by atoms with Crippen molar-refractivity contribution in [1.29, 1.82) is 0 Å². The molecule has 0 aliphatic heterocycles. The van der Waals surface area contributed by atoms with Gasteiger partial charge in [-0.05, 0) is 24.5 Å². The fourth-order valence-electron chi connectivity index (χ4n) is 2.03. The van der Waals surface area contributed by atoms with E-state index >= 15 is 0 Å². The minimum Gasteiger partial charge on any atom is -0.308 e. The minimum absolute atomic E-state index is 0.285. The third kappa shape index (κ3) is 2.87. The van der Waals surface area contributed by atoms with Gasteiger partial charge in [0.05, 0.1) is 0 Å². The standard InChI is InChI=1S/C12H15Cl2N/c13-10-5-2-1-4-9(10)8-15-12-7-3-6-11(12)14/h1-2,4-5,11-12,15H,3,6-8H2. The van der Waals surface area contributed by atoms with E-state index in [-0.39, 0.29) is 5.38 Å². The highest BCUT2D eigenvalue weighted by molar-refractivity contribution is 6.31. The molecular formula is C12H15Cl2N. The van der Waals surface area contributed by atoms with Crippen molar-refractivity contribution in [3.05, 3.63) is 34.9 Å². The Morgan fingerprint density at radius 3 is 2.73 bits per heavy atom. The molecule has 0 aromatic heterocycles. The second-order valence-electron chi connectivity index (χ2n) is 4.03. The van der Waals surface area contributed by atoms with E-state index in [1.54, 1.807) is 0 Å². The topological polar surface area (TPSA) is 12.0 Å². The lowest BCUT2D eigenvalue weighted by atomic mass is 10.2. The fourth-order valence-corrected chi connectivity index (χ4v) is 2.60. The van der Waals surface area contributed by atoms with Gasteiger partial charge < -0.3 is 5.32 Å². The summed E-state index contributed by atoms with van der Waals surface area (Å²) in [5, 5.41) is 4.58. The van der Waals surface area contributed by atoms with E-state index in [4.69, 9.17) is 23.2 Å². The molecule has 1 N–H and O–H groups in total. The lowest BCUT2D eigenvalue weighted by molar-refractivity contribution is 0.529. The van der Waals surface area contributed by atoms with Gasteiger partial charge in [0.1, 0.15) is 0 Å². The monoisotopic (exact) mass is 243 g/mol. The molecule has 0 amide bonds. The van der Waals surface area contributed by atoms with Crippen molar-refractivity contribution < 1.29 is 0 Å². The summed E-state index contributed by atoms with van der Waals surface area (Å²) in [7, 11) is 0. The third-order valence-corrected chi connectivity index (χ3v) is 3.84. The first-order valence-corrected chi connectivity index (χ1v) is 6.19.